The smallest absolute Gasteiger partial charge is 0.416 e. The van der Waals surface area contributed by atoms with Gasteiger partial charge in [0.15, 0.2) is 5.78 Å². The maximum absolute atomic E-state index is 12.5. The molecular formula is C13H17O4PS. The highest BCUT2D eigenvalue weighted by Gasteiger charge is 2.30. The number of benzene rings is 1. The number of ketones is 1. The Morgan fingerprint density at radius 1 is 1.32 bits per heavy atom. The third-order valence-electron chi connectivity index (χ3n) is 2.80. The van der Waals surface area contributed by atoms with Crippen LogP contribution in [-0.4, -0.2) is 18.1 Å². The average molecular weight is 300 g/mol. The molecule has 0 radical (unpaired) electrons. The maximum Gasteiger partial charge on any atom is 0.440 e. The summed E-state index contributed by atoms with van der Waals surface area (Å²) in [5.74, 6) is 1.06. The van der Waals surface area contributed by atoms with Gasteiger partial charge in [-0.3, -0.25) is 9.32 Å². The molecule has 0 fully saturated rings. The van der Waals surface area contributed by atoms with E-state index in [0.717, 1.165) is 23.4 Å². The van der Waals surface area contributed by atoms with Crippen LogP contribution in [0.15, 0.2) is 18.2 Å². The molecule has 0 heterocycles. The van der Waals surface area contributed by atoms with Crippen LogP contribution in [0.5, 0.6) is 5.75 Å². The monoisotopic (exact) mass is 300 g/mol. The molecule has 0 aromatic heterocycles. The summed E-state index contributed by atoms with van der Waals surface area (Å²) in [4.78, 5) is 11.9. The lowest BCUT2D eigenvalue weighted by Gasteiger charge is -2.18. The van der Waals surface area contributed by atoms with Crippen LogP contribution in [0.1, 0.15) is 36.2 Å². The molecule has 1 aromatic rings. The molecule has 0 amide bonds. The summed E-state index contributed by atoms with van der Waals surface area (Å²) in [6.45, 7) is 0.737. The van der Waals surface area contributed by atoms with E-state index in [9.17, 15) is 9.36 Å². The highest BCUT2D eigenvalue weighted by molar-refractivity contribution is 8.55. The second-order valence-corrected chi connectivity index (χ2v) is 8.37. The van der Waals surface area contributed by atoms with Gasteiger partial charge in [0, 0.05) is 12.2 Å². The van der Waals surface area contributed by atoms with E-state index >= 15 is 0 Å². The predicted molar refractivity (Wildman–Crippen MR) is 77.1 cm³/mol. The Morgan fingerprint density at radius 3 is 2.79 bits per heavy atom. The largest absolute Gasteiger partial charge is 0.440 e. The summed E-state index contributed by atoms with van der Waals surface area (Å²) < 4.78 is 23.3. The average Bonchev–Trinajstić information content (AvgIpc) is 2.73. The van der Waals surface area contributed by atoms with Crippen molar-refractivity contribution in [3.8, 4) is 5.75 Å². The maximum atomic E-state index is 12.5. The standard InChI is InChI=1S/C13H17O4PS/c1-3-16-18(15,19-4-2)17-12-7-5-6-10-8-9-11(14)13(10)12/h5-7H,3-4,8-9H2,1-2H3. The van der Waals surface area contributed by atoms with Crippen LogP contribution in [0.4, 0.5) is 0 Å². The lowest BCUT2D eigenvalue weighted by Crippen LogP contribution is -2.01. The predicted octanol–water partition coefficient (Wildman–Crippen LogP) is 4.09. The second kappa shape index (κ2) is 6.12. The van der Waals surface area contributed by atoms with Gasteiger partial charge in [-0.2, -0.15) is 0 Å². The summed E-state index contributed by atoms with van der Waals surface area (Å²) in [5.41, 5.74) is 1.53. The van der Waals surface area contributed by atoms with E-state index in [0.29, 0.717) is 30.1 Å². The fourth-order valence-electron chi connectivity index (χ4n) is 2.08. The molecular weight excluding hydrogens is 283 g/mol. The van der Waals surface area contributed by atoms with Crippen molar-refractivity contribution in [3.05, 3.63) is 29.3 Å². The van der Waals surface area contributed by atoms with E-state index in [4.69, 9.17) is 9.05 Å². The van der Waals surface area contributed by atoms with Gasteiger partial charge in [0.05, 0.1) is 12.2 Å². The topological polar surface area (TPSA) is 52.6 Å². The van der Waals surface area contributed by atoms with Gasteiger partial charge in [-0.15, -0.1) is 0 Å². The Hall–Kier alpha value is -0.770. The molecule has 4 nitrogen and oxygen atoms in total. The van der Waals surface area contributed by atoms with Crippen LogP contribution in [0.25, 0.3) is 0 Å². The molecule has 0 bridgehead atoms. The van der Waals surface area contributed by atoms with E-state index in [2.05, 4.69) is 0 Å². The van der Waals surface area contributed by atoms with Crippen molar-refractivity contribution in [2.24, 2.45) is 0 Å². The lowest BCUT2D eigenvalue weighted by molar-refractivity contribution is 0.0993. The second-order valence-electron chi connectivity index (χ2n) is 4.09. The first kappa shape index (κ1) is 14.6. The van der Waals surface area contributed by atoms with Gasteiger partial charge in [0.2, 0.25) is 0 Å². The van der Waals surface area contributed by atoms with Crippen LogP contribution in [0.2, 0.25) is 0 Å². The van der Waals surface area contributed by atoms with Crippen molar-refractivity contribution in [2.45, 2.75) is 26.7 Å². The number of carbonyl (C=O) groups excluding carboxylic acids is 1. The zero-order chi connectivity index (χ0) is 13.9. The Kier molecular flexibility index (Phi) is 4.71. The molecule has 0 N–H and O–H groups in total. The van der Waals surface area contributed by atoms with Crippen molar-refractivity contribution in [1.29, 1.82) is 0 Å². The van der Waals surface area contributed by atoms with E-state index in [-0.39, 0.29) is 5.78 Å². The fourth-order valence-corrected chi connectivity index (χ4v) is 5.17. The molecule has 1 aromatic carbocycles. The first-order valence-electron chi connectivity index (χ1n) is 6.33. The zero-order valence-corrected chi connectivity index (χ0v) is 12.8. The Bertz CT molecular complexity index is 519. The molecule has 0 spiro atoms. The minimum atomic E-state index is -3.24. The number of Topliss-reactive ketones (excluding diaryl/α,β-unsaturated/α-hetero) is 1. The normalized spacial score (nSPS) is 17.1. The number of rotatable bonds is 6. The Balaban J connectivity index is 2.30. The number of aryl methyl sites for hydroxylation is 1. The minimum Gasteiger partial charge on any atom is -0.416 e. The van der Waals surface area contributed by atoms with Gasteiger partial charge < -0.3 is 4.52 Å². The van der Waals surface area contributed by atoms with Crippen LogP contribution < -0.4 is 4.52 Å². The lowest BCUT2D eigenvalue weighted by atomic mass is 10.1. The van der Waals surface area contributed by atoms with Crippen LogP contribution >= 0.6 is 18.2 Å². The number of hydrogen-bond donors (Lipinski definition) is 0. The van der Waals surface area contributed by atoms with Crippen LogP contribution in [-0.2, 0) is 15.5 Å². The third kappa shape index (κ3) is 3.22. The molecule has 1 unspecified atom stereocenters. The van der Waals surface area contributed by atoms with Crippen molar-refractivity contribution in [2.75, 3.05) is 12.4 Å². The van der Waals surface area contributed by atoms with Gasteiger partial charge >= 0.3 is 6.80 Å². The molecule has 0 aliphatic heterocycles. The van der Waals surface area contributed by atoms with Crippen molar-refractivity contribution < 1.29 is 18.4 Å². The molecule has 6 heteroatoms. The molecule has 1 aliphatic rings. The minimum absolute atomic E-state index is 0.0511. The molecule has 1 aliphatic carbocycles. The summed E-state index contributed by atoms with van der Waals surface area (Å²) in [6.07, 6.45) is 1.22. The zero-order valence-electron chi connectivity index (χ0n) is 11.0. The first-order chi connectivity index (χ1) is 9.09. The van der Waals surface area contributed by atoms with Gasteiger partial charge in [-0.05, 0) is 36.4 Å². The van der Waals surface area contributed by atoms with Gasteiger partial charge in [-0.1, -0.05) is 19.1 Å². The third-order valence-corrected chi connectivity index (χ3v) is 6.63. The summed E-state index contributed by atoms with van der Waals surface area (Å²) in [6, 6.07) is 5.41. The van der Waals surface area contributed by atoms with E-state index in [1.165, 1.54) is 0 Å². The van der Waals surface area contributed by atoms with Crippen molar-refractivity contribution in [1.82, 2.24) is 0 Å². The van der Waals surface area contributed by atoms with Crippen molar-refractivity contribution in [3.63, 3.8) is 0 Å². The van der Waals surface area contributed by atoms with Gasteiger partial charge in [0.1, 0.15) is 5.75 Å². The highest BCUT2D eigenvalue weighted by atomic mass is 32.7. The summed E-state index contributed by atoms with van der Waals surface area (Å²) >= 11 is 1.14. The number of fused-ring (bicyclic) bond motifs is 1. The molecule has 104 valence electrons. The highest BCUT2D eigenvalue weighted by Crippen LogP contribution is 2.60. The summed E-state index contributed by atoms with van der Waals surface area (Å²) in [5, 5.41) is 0. The molecule has 19 heavy (non-hydrogen) atoms. The fraction of sp³-hybridized carbons (Fsp3) is 0.462. The molecule has 2 rings (SSSR count). The van der Waals surface area contributed by atoms with E-state index in [1.54, 1.807) is 13.0 Å². The van der Waals surface area contributed by atoms with E-state index in [1.807, 2.05) is 19.1 Å². The Labute approximate surface area is 117 Å². The molecule has 0 saturated heterocycles. The number of hydrogen-bond acceptors (Lipinski definition) is 5. The summed E-state index contributed by atoms with van der Waals surface area (Å²) in [7, 11) is 0. The SMILES string of the molecule is CCOP(=O)(Oc1cccc2c1C(=O)CC2)SCC. The molecule has 0 saturated carbocycles. The number of carbonyl (C=O) groups is 1. The van der Waals surface area contributed by atoms with Crippen LogP contribution in [0, 0.1) is 0 Å². The van der Waals surface area contributed by atoms with Gasteiger partial charge in [0.25, 0.3) is 0 Å². The quantitative estimate of drug-likeness (QED) is 0.741. The van der Waals surface area contributed by atoms with Crippen LogP contribution in [0.3, 0.4) is 0 Å². The first-order valence-corrected chi connectivity index (χ1v) is 9.46. The Morgan fingerprint density at radius 2 is 2.11 bits per heavy atom. The molecule has 1 atom stereocenters. The van der Waals surface area contributed by atoms with E-state index < -0.39 is 6.80 Å². The van der Waals surface area contributed by atoms with Crippen molar-refractivity contribution >= 4 is 24.0 Å². The van der Waals surface area contributed by atoms with Gasteiger partial charge in [-0.25, -0.2) is 4.57 Å².